The molecule has 0 atom stereocenters. The van der Waals surface area contributed by atoms with Gasteiger partial charge in [0, 0.05) is 40.3 Å². The van der Waals surface area contributed by atoms with Crippen molar-refractivity contribution in [3.05, 3.63) is 0 Å². The van der Waals surface area contributed by atoms with E-state index in [1.165, 1.54) is 12.8 Å². The molecule has 1 rings (SSSR count). The van der Waals surface area contributed by atoms with Gasteiger partial charge in [-0.15, -0.1) is 0 Å². The summed E-state index contributed by atoms with van der Waals surface area (Å²) < 4.78 is 10.3. The molecule has 17 heavy (non-hydrogen) atoms. The van der Waals surface area contributed by atoms with E-state index in [0.29, 0.717) is 10.4 Å². The Hall–Kier alpha value is -0.230. The predicted octanol–water partition coefficient (Wildman–Crippen LogP) is 1.04. The van der Waals surface area contributed by atoms with Crippen molar-refractivity contribution < 1.29 is 9.47 Å². The second-order valence-electron chi connectivity index (χ2n) is 4.90. The zero-order valence-electron chi connectivity index (χ0n) is 10.9. The molecular weight excluding hydrogens is 236 g/mol. The summed E-state index contributed by atoms with van der Waals surface area (Å²) in [6.45, 7) is 4.45. The highest BCUT2D eigenvalue weighted by Crippen LogP contribution is 2.49. The molecule has 0 aliphatic heterocycles. The summed E-state index contributed by atoms with van der Waals surface area (Å²) in [7, 11) is 3.47. The van der Waals surface area contributed by atoms with Crippen LogP contribution in [0.4, 0.5) is 0 Å². The van der Waals surface area contributed by atoms with Crippen molar-refractivity contribution in [2.75, 3.05) is 47.1 Å². The molecule has 0 amide bonds. The highest BCUT2D eigenvalue weighted by molar-refractivity contribution is 7.80. The Kier molecular flexibility index (Phi) is 6.33. The molecule has 1 saturated carbocycles. The van der Waals surface area contributed by atoms with E-state index < -0.39 is 0 Å². The molecule has 0 bridgehead atoms. The molecule has 0 radical (unpaired) electrons. The first-order valence-electron chi connectivity index (χ1n) is 6.10. The summed E-state index contributed by atoms with van der Waals surface area (Å²) in [6, 6.07) is 0. The summed E-state index contributed by atoms with van der Waals surface area (Å²) in [5.41, 5.74) is 6.00. The maximum absolute atomic E-state index is 5.66. The van der Waals surface area contributed by atoms with Crippen LogP contribution in [0.15, 0.2) is 0 Å². The summed E-state index contributed by atoms with van der Waals surface area (Å²) in [5.74, 6) is 0. The molecule has 5 heteroatoms. The maximum atomic E-state index is 5.66. The molecule has 4 nitrogen and oxygen atoms in total. The van der Waals surface area contributed by atoms with Gasteiger partial charge in [-0.05, 0) is 18.3 Å². The van der Waals surface area contributed by atoms with Gasteiger partial charge in [0.15, 0.2) is 0 Å². The first kappa shape index (κ1) is 14.8. The summed E-state index contributed by atoms with van der Waals surface area (Å²) >= 11 is 5.02. The third kappa shape index (κ3) is 5.77. The van der Waals surface area contributed by atoms with Crippen molar-refractivity contribution >= 4 is 17.2 Å². The number of nitrogens with zero attached hydrogens (tertiary/aromatic N) is 1. The number of thiocarbonyl (C=S) groups is 1. The van der Waals surface area contributed by atoms with E-state index >= 15 is 0 Å². The minimum atomic E-state index is 0.341. The lowest BCUT2D eigenvalue weighted by Crippen LogP contribution is -2.37. The molecule has 0 aromatic rings. The molecule has 0 aromatic heterocycles. The zero-order chi connectivity index (χ0) is 12.7. The van der Waals surface area contributed by atoms with Gasteiger partial charge in [-0.2, -0.15) is 0 Å². The van der Waals surface area contributed by atoms with Crippen molar-refractivity contribution in [2.45, 2.75) is 19.3 Å². The molecule has 0 heterocycles. The Labute approximate surface area is 109 Å². The molecule has 100 valence electrons. The highest BCUT2D eigenvalue weighted by Gasteiger charge is 2.43. The van der Waals surface area contributed by atoms with Crippen LogP contribution in [-0.4, -0.2) is 57.0 Å². The van der Waals surface area contributed by atoms with Gasteiger partial charge in [0.05, 0.1) is 18.2 Å². The van der Waals surface area contributed by atoms with Crippen LogP contribution in [-0.2, 0) is 9.47 Å². The molecule has 0 spiro atoms. The van der Waals surface area contributed by atoms with E-state index in [1.54, 1.807) is 14.2 Å². The molecule has 1 fully saturated rings. The fourth-order valence-electron chi connectivity index (χ4n) is 2.12. The Morgan fingerprint density at radius 3 is 2.12 bits per heavy atom. The second kappa shape index (κ2) is 7.26. The van der Waals surface area contributed by atoms with Crippen LogP contribution in [0.2, 0.25) is 0 Å². The van der Waals surface area contributed by atoms with E-state index in [9.17, 15) is 0 Å². The third-order valence-electron chi connectivity index (χ3n) is 3.29. The zero-order valence-corrected chi connectivity index (χ0v) is 11.7. The fourth-order valence-corrected chi connectivity index (χ4v) is 2.43. The summed E-state index contributed by atoms with van der Waals surface area (Å²) in [6.07, 6.45) is 3.35. The van der Waals surface area contributed by atoms with Gasteiger partial charge in [0.25, 0.3) is 0 Å². The first-order chi connectivity index (χ1) is 8.12. The molecular formula is C12H24N2O2S. The van der Waals surface area contributed by atoms with Crippen LogP contribution in [0, 0.1) is 5.41 Å². The Balaban J connectivity index is 2.38. The maximum Gasteiger partial charge on any atom is 0.0733 e. The fraction of sp³-hybridized carbons (Fsp3) is 0.917. The van der Waals surface area contributed by atoms with Crippen LogP contribution < -0.4 is 5.73 Å². The lowest BCUT2D eigenvalue weighted by atomic mass is 10.0. The number of hydrogen-bond acceptors (Lipinski definition) is 4. The molecule has 1 aliphatic rings. The molecule has 0 unspecified atom stereocenters. The standard InChI is InChI=1S/C12H24N2O2S/c1-15-7-5-14(6-8-16-2)10-12(3-4-12)9-11(13)17/h3-10H2,1-2H3,(H2,13,17). The molecule has 2 N–H and O–H groups in total. The SMILES string of the molecule is COCCN(CCOC)CC1(CC(N)=S)CC1. The summed E-state index contributed by atoms with van der Waals surface area (Å²) in [5, 5.41) is 0. The van der Waals surface area contributed by atoms with Gasteiger partial charge < -0.3 is 15.2 Å². The van der Waals surface area contributed by atoms with Crippen LogP contribution in [0.1, 0.15) is 19.3 Å². The number of rotatable bonds is 10. The minimum Gasteiger partial charge on any atom is -0.393 e. The van der Waals surface area contributed by atoms with Crippen LogP contribution in [0.25, 0.3) is 0 Å². The molecule has 1 aliphatic carbocycles. The number of ether oxygens (including phenoxy) is 2. The van der Waals surface area contributed by atoms with Crippen molar-refractivity contribution in [1.82, 2.24) is 4.90 Å². The average Bonchev–Trinajstić information content (AvgIpc) is 3.01. The van der Waals surface area contributed by atoms with Crippen LogP contribution in [0.5, 0.6) is 0 Å². The van der Waals surface area contributed by atoms with E-state index in [2.05, 4.69) is 4.90 Å². The van der Waals surface area contributed by atoms with Gasteiger partial charge in [-0.25, -0.2) is 0 Å². The van der Waals surface area contributed by atoms with E-state index in [-0.39, 0.29) is 0 Å². The van der Waals surface area contributed by atoms with E-state index in [4.69, 9.17) is 27.4 Å². The van der Waals surface area contributed by atoms with Crippen molar-refractivity contribution in [1.29, 1.82) is 0 Å². The number of hydrogen-bond donors (Lipinski definition) is 1. The van der Waals surface area contributed by atoms with E-state index in [1.807, 2.05) is 0 Å². The topological polar surface area (TPSA) is 47.7 Å². The quantitative estimate of drug-likeness (QED) is 0.595. The van der Waals surface area contributed by atoms with Gasteiger partial charge in [-0.1, -0.05) is 12.2 Å². The van der Waals surface area contributed by atoms with Crippen LogP contribution in [0.3, 0.4) is 0 Å². The normalized spacial score (nSPS) is 17.4. The van der Waals surface area contributed by atoms with Crippen LogP contribution >= 0.6 is 12.2 Å². The van der Waals surface area contributed by atoms with Crippen molar-refractivity contribution in [3.63, 3.8) is 0 Å². The predicted molar refractivity (Wildman–Crippen MR) is 73.3 cm³/mol. The lowest BCUT2D eigenvalue weighted by molar-refractivity contribution is 0.101. The smallest absolute Gasteiger partial charge is 0.0733 e. The lowest BCUT2D eigenvalue weighted by Gasteiger charge is -2.26. The van der Waals surface area contributed by atoms with Gasteiger partial charge in [0.2, 0.25) is 0 Å². The van der Waals surface area contributed by atoms with Crippen molar-refractivity contribution in [3.8, 4) is 0 Å². The van der Waals surface area contributed by atoms with E-state index in [0.717, 1.165) is 39.3 Å². The second-order valence-corrected chi connectivity index (χ2v) is 5.43. The molecule has 0 aromatic carbocycles. The minimum absolute atomic E-state index is 0.341. The highest BCUT2D eigenvalue weighted by atomic mass is 32.1. The third-order valence-corrected chi connectivity index (χ3v) is 3.43. The van der Waals surface area contributed by atoms with Gasteiger partial charge in [0.1, 0.15) is 0 Å². The van der Waals surface area contributed by atoms with Gasteiger partial charge in [-0.3, -0.25) is 4.90 Å². The monoisotopic (exact) mass is 260 g/mol. The Morgan fingerprint density at radius 2 is 1.76 bits per heavy atom. The average molecular weight is 260 g/mol. The number of methoxy groups -OCH3 is 2. The number of nitrogens with two attached hydrogens (primary N) is 1. The Bertz CT molecular complexity index is 237. The first-order valence-corrected chi connectivity index (χ1v) is 6.51. The Morgan fingerprint density at radius 1 is 1.24 bits per heavy atom. The summed E-state index contributed by atoms with van der Waals surface area (Å²) in [4.78, 5) is 3.03. The molecule has 0 saturated heterocycles. The largest absolute Gasteiger partial charge is 0.393 e. The van der Waals surface area contributed by atoms with Gasteiger partial charge >= 0.3 is 0 Å². The van der Waals surface area contributed by atoms with Crippen molar-refractivity contribution in [2.24, 2.45) is 11.1 Å².